The number of nitrogens with one attached hydrogen (secondary N) is 1. The second-order valence-corrected chi connectivity index (χ2v) is 5.30. The van der Waals surface area contributed by atoms with Gasteiger partial charge in [-0.05, 0) is 34.5 Å². The molecule has 2 aromatic rings. The summed E-state index contributed by atoms with van der Waals surface area (Å²) < 4.78 is 5.53. The van der Waals surface area contributed by atoms with Crippen molar-refractivity contribution in [2.75, 3.05) is 5.32 Å². The van der Waals surface area contributed by atoms with E-state index in [-0.39, 0.29) is 12.3 Å². The molecule has 2 rings (SSSR count). The zero-order valence-corrected chi connectivity index (χ0v) is 13.3. The number of carbonyl (C=O) groups excluding carboxylic acids is 1. The van der Waals surface area contributed by atoms with Crippen LogP contribution in [-0.4, -0.2) is 22.2 Å². The number of rotatable bonds is 4. The molecule has 0 radical (unpaired) electrons. The van der Waals surface area contributed by atoms with Crippen LogP contribution >= 0.6 is 15.9 Å². The highest BCUT2D eigenvalue weighted by molar-refractivity contribution is 9.10. The first-order valence-electron chi connectivity index (χ1n) is 6.35. The van der Waals surface area contributed by atoms with Crippen molar-refractivity contribution in [3.63, 3.8) is 0 Å². The maximum absolute atomic E-state index is 11.8. The largest absolute Gasteiger partial charge is 0.477 e. The van der Waals surface area contributed by atoms with Crippen molar-refractivity contribution >= 4 is 33.7 Å². The Morgan fingerprint density at radius 2 is 2.00 bits per heavy atom. The molecule has 0 spiro atoms. The number of hydrogen-bond donors (Lipinski definition) is 2. The number of carbonyl (C=O) groups is 2. The molecule has 0 aliphatic rings. The van der Waals surface area contributed by atoms with Crippen LogP contribution in [0.5, 0.6) is 0 Å². The zero-order valence-electron chi connectivity index (χ0n) is 11.7. The van der Waals surface area contributed by atoms with Crippen LogP contribution in [0.15, 0.2) is 40.9 Å². The molecular weight excluding hydrogens is 352 g/mol. The van der Waals surface area contributed by atoms with Crippen LogP contribution in [0.1, 0.15) is 21.7 Å². The summed E-state index contributed by atoms with van der Waals surface area (Å²) >= 11 is 3.22. The van der Waals surface area contributed by atoms with Gasteiger partial charge in [-0.15, -0.1) is 0 Å². The Morgan fingerprint density at radius 3 is 2.59 bits per heavy atom. The topological polar surface area (TPSA) is 88.5 Å². The fraction of sp³-hybridized carbons (Fsp3) is 0.133. The van der Waals surface area contributed by atoms with Crippen LogP contribution in [0.2, 0.25) is 0 Å². The maximum Gasteiger partial charge on any atom is 0.412 e. The van der Waals surface area contributed by atoms with Gasteiger partial charge in [0.05, 0.1) is 11.4 Å². The number of halogens is 1. The number of anilines is 1. The third-order valence-electron chi connectivity index (χ3n) is 2.81. The lowest BCUT2D eigenvalue weighted by molar-refractivity contribution is 0.0690. The van der Waals surface area contributed by atoms with Crippen LogP contribution in [0.4, 0.5) is 10.5 Å². The molecule has 0 unspecified atom stereocenters. The second-order valence-electron chi connectivity index (χ2n) is 4.44. The summed E-state index contributed by atoms with van der Waals surface area (Å²) in [6, 6.07) is 10.6. The summed E-state index contributed by atoms with van der Waals surface area (Å²) in [5.74, 6) is -1.14. The Balaban J connectivity index is 2.04. The Hall–Kier alpha value is -2.41. The fourth-order valence-electron chi connectivity index (χ4n) is 1.75. The van der Waals surface area contributed by atoms with Gasteiger partial charge in [-0.1, -0.05) is 30.3 Å². The van der Waals surface area contributed by atoms with Crippen molar-refractivity contribution in [1.82, 2.24) is 4.98 Å². The Kier molecular flexibility index (Phi) is 5.11. The van der Waals surface area contributed by atoms with Gasteiger partial charge < -0.3 is 9.84 Å². The summed E-state index contributed by atoms with van der Waals surface area (Å²) in [5, 5.41) is 11.5. The molecule has 0 atom stereocenters. The van der Waals surface area contributed by atoms with Crippen molar-refractivity contribution < 1.29 is 19.4 Å². The normalized spacial score (nSPS) is 10.1. The molecule has 22 heavy (non-hydrogen) atoms. The molecule has 1 aromatic heterocycles. The minimum atomic E-state index is -1.14. The summed E-state index contributed by atoms with van der Waals surface area (Å²) in [6.07, 6.45) is -0.641. The van der Waals surface area contributed by atoms with Gasteiger partial charge in [-0.2, -0.15) is 0 Å². The van der Waals surface area contributed by atoms with Gasteiger partial charge in [0.2, 0.25) is 0 Å². The van der Waals surface area contributed by atoms with Gasteiger partial charge in [0.1, 0.15) is 12.3 Å². The molecule has 114 valence electrons. The number of pyridine rings is 1. The molecule has 2 N–H and O–H groups in total. The van der Waals surface area contributed by atoms with Gasteiger partial charge >= 0.3 is 12.1 Å². The highest BCUT2D eigenvalue weighted by atomic mass is 79.9. The summed E-state index contributed by atoms with van der Waals surface area (Å²) in [7, 11) is 0. The average Bonchev–Trinajstić information content (AvgIpc) is 2.49. The van der Waals surface area contributed by atoms with Gasteiger partial charge in [-0.25, -0.2) is 14.6 Å². The smallest absolute Gasteiger partial charge is 0.412 e. The van der Waals surface area contributed by atoms with Crippen molar-refractivity contribution in [1.29, 1.82) is 0 Å². The first kappa shape index (κ1) is 16.0. The number of aryl methyl sites for hydroxylation is 1. The van der Waals surface area contributed by atoms with E-state index in [1.54, 1.807) is 6.92 Å². The monoisotopic (exact) mass is 364 g/mol. The first-order chi connectivity index (χ1) is 10.5. The highest BCUT2D eigenvalue weighted by Crippen LogP contribution is 2.26. The van der Waals surface area contributed by atoms with Crippen LogP contribution < -0.4 is 5.32 Å². The van der Waals surface area contributed by atoms with Gasteiger partial charge in [0.25, 0.3) is 0 Å². The highest BCUT2D eigenvalue weighted by Gasteiger charge is 2.15. The molecule has 1 amide bonds. The van der Waals surface area contributed by atoms with Crippen molar-refractivity contribution in [2.45, 2.75) is 13.5 Å². The molecule has 1 heterocycles. The van der Waals surface area contributed by atoms with E-state index in [2.05, 4.69) is 26.2 Å². The lowest BCUT2D eigenvalue weighted by Gasteiger charge is -2.11. The molecule has 0 aliphatic heterocycles. The number of aromatic nitrogens is 1. The third kappa shape index (κ3) is 4.05. The molecule has 7 heteroatoms. The molecular formula is C15H13BrN2O4. The number of hydrogen-bond acceptors (Lipinski definition) is 4. The number of amides is 1. The van der Waals surface area contributed by atoms with E-state index in [1.807, 2.05) is 30.3 Å². The minimum absolute atomic E-state index is 0.104. The molecule has 0 fully saturated rings. The summed E-state index contributed by atoms with van der Waals surface area (Å²) in [4.78, 5) is 26.6. The van der Waals surface area contributed by atoms with E-state index in [0.717, 1.165) is 5.56 Å². The van der Waals surface area contributed by atoms with E-state index in [1.165, 1.54) is 6.07 Å². The molecule has 0 saturated carbocycles. The molecule has 6 nitrogen and oxygen atoms in total. The molecule has 1 aromatic carbocycles. The van der Waals surface area contributed by atoms with Crippen molar-refractivity contribution in [3.05, 3.63) is 57.8 Å². The van der Waals surface area contributed by atoms with E-state index >= 15 is 0 Å². The fourth-order valence-corrected chi connectivity index (χ4v) is 2.36. The molecule has 0 saturated heterocycles. The van der Waals surface area contributed by atoms with Crippen LogP contribution in [-0.2, 0) is 11.3 Å². The predicted molar refractivity (Wildman–Crippen MR) is 83.9 cm³/mol. The molecule has 0 aliphatic carbocycles. The average molecular weight is 365 g/mol. The van der Waals surface area contributed by atoms with Crippen LogP contribution in [0, 0.1) is 6.92 Å². The van der Waals surface area contributed by atoms with E-state index in [0.29, 0.717) is 15.9 Å². The number of ether oxygens (including phenoxy) is 1. The van der Waals surface area contributed by atoms with Crippen molar-refractivity contribution in [2.24, 2.45) is 0 Å². The lowest BCUT2D eigenvalue weighted by atomic mass is 10.2. The quantitative estimate of drug-likeness (QED) is 0.864. The number of benzene rings is 1. The zero-order chi connectivity index (χ0) is 16.1. The second kappa shape index (κ2) is 7.04. The number of carboxylic acid groups (broad SMARTS) is 1. The van der Waals surface area contributed by atoms with Gasteiger partial charge in [-0.3, -0.25) is 5.32 Å². The molecule has 0 bridgehead atoms. The maximum atomic E-state index is 11.8. The van der Waals surface area contributed by atoms with E-state index in [4.69, 9.17) is 9.84 Å². The predicted octanol–water partition coefficient (Wildman–Crippen LogP) is 3.60. The van der Waals surface area contributed by atoms with Crippen molar-refractivity contribution in [3.8, 4) is 0 Å². The lowest BCUT2D eigenvalue weighted by Crippen LogP contribution is -2.16. The van der Waals surface area contributed by atoms with Crippen LogP contribution in [0.3, 0.4) is 0 Å². The SMILES string of the molecule is Cc1nc(C(=O)O)cc(Br)c1NC(=O)OCc1ccccc1. The minimum Gasteiger partial charge on any atom is -0.477 e. The Morgan fingerprint density at radius 1 is 1.32 bits per heavy atom. The van der Waals surface area contributed by atoms with Gasteiger partial charge in [0.15, 0.2) is 0 Å². The van der Waals surface area contributed by atoms with E-state index in [9.17, 15) is 9.59 Å². The third-order valence-corrected chi connectivity index (χ3v) is 3.44. The first-order valence-corrected chi connectivity index (χ1v) is 7.15. The summed E-state index contributed by atoms with van der Waals surface area (Å²) in [5.41, 5.74) is 1.52. The standard InChI is InChI=1S/C15H13BrN2O4/c1-9-13(11(16)7-12(17-9)14(19)20)18-15(21)22-8-10-5-3-2-4-6-10/h2-7H,8H2,1H3,(H,18,21)(H,19,20). The number of aromatic carboxylic acids is 1. The van der Waals surface area contributed by atoms with Crippen LogP contribution in [0.25, 0.3) is 0 Å². The van der Waals surface area contributed by atoms with Gasteiger partial charge in [0, 0.05) is 4.47 Å². The number of carboxylic acids is 1. The summed E-state index contributed by atoms with van der Waals surface area (Å²) in [6.45, 7) is 1.74. The Bertz CT molecular complexity index is 681. The van der Waals surface area contributed by atoms with E-state index < -0.39 is 12.1 Å². The Labute approximate surface area is 135 Å². The number of nitrogens with zero attached hydrogens (tertiary/aromatic N) is 1.